The molecule has 0 spiro atoms. The van der Waals surface area contributed by atoms with Crippen molar-refractivity contribution in [1.29, 1.82) is 0 Å². The van der Waals surface area contributed by atoms with Gasteiger partial charge in [0.2, 0.25) is 0 Å². The van der Waals surface area contributed by atoms with Gasteiger partial charge in [-0.15, -0.1) is 0 Å². The lowest BCUT2D eigenvalue weighted by molar-refractivity contribution is -0.142. The molecule has 0 aliphatic heterocycles. The lowest BCUT2D eigenvalue weighted by atomic mass is 10.0. The minimum absolute atomic E-state index is 0.270. The Morgan fingerprint density at radius 1 is 1.60 bits per heavy atom. The molecule has 0 heterocycles. The Morgan fingerprint density at radius 2 is 2.33 bits per heavy atom. The predicted octanol–water partition coefficient (Wildman–Crippen LogP) is 1.98. The largest absolute Gasteiger partial charge is 0.468 e. The summed E-state index contributed by atoms with van der Waals surface area (Å²) in [5, 5.41) is 0. The Bertz CT molecular complexity index is 341. The van der Waals surface area contributed by atoms with E-state index in [1.807, 2.05) is 25.1 Å². The fourth-order valence-corrected chi connectivity index (χ4v) is 1.73. The first-order valence-corrected chi connectivity index (χ1v) is 5.46. The first-order chi connectivity index (χ1) is 7.17. The lowest BCUT2D eigenvalue weighted by Gasteiger charge is -2.12. The van der Waals surface area contributed by atoms with E-state index in [2.05, 4.69) is 31.3 Å². The number of nitrogens with one attached hydrogen (secondary N) is 1. The second-order valence-electron chi connectivity index (χ2n) is 3.38. The van der Waals surface area contributed by atoms with Gasteiger partial charge < -0.3 is 4.74 Å². The Balaban J connectivity index is 2.70. The maximum Gasteiger partial charge on any atom is 0.324 e. The van der Waals surface area contributed by atoms with Crippen LogP contribution >= 0.6 is 16.1 Å². The van der Waals surface area contributed by atoms with E-state index >= 15 is 0 Å². The fraction of sp³-hybridized carbons (Fsp3) is 0.364. The topological polar surface area (TPSA) is 38.3 Å². The first kappa shape index (κ1) is 12.2. The highest BCUT2D eigenvalue weighted by atomic mass is 79.9. The van der Waals surface area contributed by atoms with Gasteiger partial charge in [-0.3, -0.25) is 4.79 Å². The van der Waals surface area contributed by atoms with Crippen molar-refractivity contribution < 1.29 is 9.53 Å². The van der Waals surface area contributed by atoms with E-state index < -0.39 is 0 Å². The zero-order valence-electron chi connectivity index (χ0n) is 8.79. The van der Waals surface area contributed by atoms with E-state index in [9.17, 15) is 4.79 Å². The van der Waals surface area contributed by atoms with Gasteiger partial charge in [0.05, 0.1) is 7.11 Å². The van der Waals surface area contributed by atoms with Crippen molar-refractivity contribution in [3.8, 4) is 0 Å². The number of carbonyl (C=O) groups is 1. The van der Waals surface area contributed by atoms with Crippen LogP contribution in [-0.4, -0.2) is 19.1 Å². The summed E-state index contributed by atoms with van der Waals surface area (Å²) in [6.07, 6.45) is 0.611. The summed E-state index contributed by atoms with van der Waals surface area (Å²) in [5.41, 5.74) is 2.29. The molecule has 3 nitrogen and oxygen atoms in total. The molecule has 0 fully saturated rings. The Hall–Kier alpha value is -0.870. The number of halogens is 1. The molecule has 0 bridgehead atoms. The quantitative estimate of drug-likeness (QED) is 0.672. The molecule has 1 atom stereocenters. The van der Waals surface area contributed by atoms with Gasteiger partial charge in [0, 0.05) is 16.1 Å². The Morgan fingerprint density at radius 3 is 2.87 bits per heavy atom. The third-order valence-electron chi connectivity index (χ3n) is 2.14. The third-order valence-corrected chi connectivity index (χ3v) is 2.69. The molecule has 0 unspecified atom stereocenters. The van der Waals surface area contributed by atoms with Crippen molar-refractivity contribution in [2.45, 2.75) is 19.4 Å². The van der Waals surface area contributed by atoms with E-state index in [1.54, 1.807) is 0 Å². The van der Waals surface area contributed by atoms with Gasteiger partial charge in [-0.2, -0.15) is 0 Å². The van der Waals surface area contributed by atoms with E-state index in [0.717, 1.165) is 5.56 Å². The molecule has 0 amide bonds. The van der Waals surface area contributed by atoms with Crippen LogP contribution in [0.1, 0.15) is 11.1 Å². The molecule has 1 rings (SSSR count). The van der Waals surface area contributed by atoms with E-state index in [4.69, 9.17) is 0 Å². The number of methoxy groups -OCH3 is 1. The van der Waals surface area contributed by atoms with Crippen LogP contribution in [0.15, 0.2) is 24.3 Å². The van der Waals surface area contributed by atoms with Crippen molar-refractivity contribution in [3.63, 3.8) is 0 Å². The van der Waals surface area contributed by atoms with Gasteiger partial charge in [-0.1, -0.05) is 29.8 Å². The lowest BCUT2D eigenvalue weighted by Crippen LogP contribution is -2.33. The number of benzene rings is 1. The number of carbonyl (C=O) groups excluding carboxylic acids is 1. The third kappa shape index (κ3) is 3.64. The monoisotopic (exact) mass is 271 g/mol. The van der Waals surface area contributed by atoms with Crippen molar-refractivity contribution >= 4 is 22.1 Å². The molecule has 0 aromatic heterocycles. The number of esters is 1. The van der Waals surface area contributed by atoms with Gasteiger partial charge in [0.1, 0.15) is 6.04 Å². The molecule has 15 heavy (non-hydrogen) atoms. The Labute approximate surface area is 98.2 Å². The Kier molecular flexibility index (Phi) is 4.78. The highest BCUT2D eigenvalue weighted by Crippen LogP contribution is 2.08. The average Bonchev–Trinajstić information content (AvgIpc) is 2.25. The summed E-state index contributed by atoms with van der Waals surface area (Å²) in [6.45, 7) is 2.03. The number of hydrogen-bond donors (Lipinski definition) is 1. The average molecular weight is 272 g/mol. The zero-order valence-corrected chi connectivity index (χ0v) is 10.4. The molecule has 82 valence electrons. The molecule has 0 radical (unpaired) electrons. The number of hydrogen-bond acceptors (Lipinski definition) is 3. The molecule has 4 heteroatoms. The van der Waals surface area contributed by atoms with Crippen LogP contribution in [0.3, 0.4) is 0 Å². The SMILES string of the molecule is COC(=O)[C@H](Cc1cccc(C)c1)NBr. The highest BCUT2D eigenvalue weighted by molar-refractivity contribution is 9.08. The summed E-state index contributed by atoms with van der Waals surface area (Å²) in [7, 11) is 1.38. The maximum atomic E-state index is 11.3. The van der Waals surface area contributed by atoms with E-state index in [0.29, 0.717) is 6.42 Å². The molecule has 1 aromatic rings. The zero-order chi connectivity index (χ0) is 11.3. The van der Waals surface area contributed by atoms with Crippen LogP contribution in [-0.2, 0) is 16.0 Å². The molecular weight excluding hydrogens is 258 g/mol. The van der Waals surface area contributed by atoms with Crippen LogP contribution in [0.25, 0.3) is 0 Å². The predicted molar refractivity (Wildman–Crippen MR) is 62.7 cm³/mol. The van der Waals surface area contributed by atoms with E-state index in [1.165, 1.54) is 12.7 Å². The minimum Gasteiger partial charge on any atom is -0.468 e. The van der Waals surface area contributed by atoms with Crippen molar-refractivity contribution in [2.24, 2.45) is 0 Å². The minimum atomic E-state index is -0.350. The second kappa shape index (κ2) is 5.88. The molecule has 0 aliphatic rings. The molecule has 1 N–H and O–H groups in total. The molecule has 0 saturated carbocycles. The normalized spacial score (nSPS) is 12.2. The first-order valence-electron chi connectivity index (χ1n) is 4.67. The highest BCUT2D eigenvalue weighted by Gasteiger charge is 2.17. The van der Waals surface area contributed by atoms with Crippen molar-refractivity contribution in [1.82, 2.24) is 4.34 Å². The molecule has 1 aromatic carbocycles. The second-order valence-corrected chi connectivity index (χ2v) is 3.84. The van der Waals surface area contributed by atoms with Crippen molar-refractivity contribution in [2.75, 3.05) is 7.11 Å². The van der Waals surface area contributed by atoms with Crippen LogP contribution in [0.5, 0.6) is 0 Å². The van der Waals surface area contributed by atoms with Gasteiger partial charge in [0.25, 0.3) is 0 Å². The smallest absolute Gasteiger partial charge is 0.324 e. The van der Waals surface area contributed by atoms with Crippen LogP contribution in [0.2, 0.25) is 0 Å². The summed E-state index contributed by atoms with van der Waals surface area (Å²) in [4.78, 5) is 11.3. The number of rotatable bonds is 4. The van der Waals surface area contributed by atoms with Gasteiger partial charge >= 0.3 is 5.97 Å². The van der Waals surface area contributed by atoms with Gasteiger partial charge in [-0.05, 0) is 18.9 Å². The van der Waals surface area contributed by atoms with Crippen LogP contribution in [0.4, 0.5) is 0 Å². The maximum absolute atomic E-state index is 11.3. The van der Waals surface area contributed by atoms with Crippen molar-refractivity contribution in [3.05, 3.63) is 35.4 Å². The molecule has 0 saturated heterocycles. The molecular formula is C11H14BrNO2. The summed E-state index contributed by atoms with van der Waals surface area (Å²) < 4.78 is 7.43. The number of ether oxygens (including phenoxy) is 1. The number of aryl methyl sites for hydroxylation is 1. The summed E-state index contributed by atoms with van der Waals surface area (Å²) in [6, 6.07) is 7.70. The van der Waals surface area contributed by atoms with E-state index in [-0.39, 0.29) is 12.0 Å². The van der Waals surface area contributed by atoms with Crippen LogP contribution in [0, 0.1) is 6.92 Å². The summed E-state index contributed by atoms with van der Waals surface area (Å²) >= 11 is 3.08. The molecule has 0 aliphatic carbocycles. The van der Waals surface area contributed by atoms with Crippen LogP contribution < -0.4 is 4.34 Å². The van der Waals surface area contributed by atoms with Gasteiger partial charge in [0.15, 0.2) is 0 Å². The standard InChI is InChI=1S/C11H14BrNO2/c1-8-4-3-5-9(6-8)7-10(13-12)11(14)15-2/h3-6,10,13H,7H2,1-2H3/t10-/m0/s1. The van der Waals surface area contributed by atoms with Gasteiger partial charge in [-0.25, -0.2) is 4.34 Å². The fourth-order valence-electron chi connectivity index (χ4n) is 1.38. The summed E-state index contributed by atoms with van der Waals surface area (Å²) in [5.74, 6) is -0.270.